The number of carbonyl (C=O) groups excluding carboxylic acids is 6. The van der Waals surface area contributed by atoms with E-state index >= 15 is 0 Å². The van der Waals surface area contributed by atoms with Crippen LogP contribution in [0, 0.1) is 11.8 Å². The Morgan fingerprint density at radius 3 is 2.39 bits per heavy atom. The molecule has 2 saturated heterocycles. The van der Waals surface area contributed by atoms with E-state index < -0.39 is 29.8 Å². The molecule has 1 unspecified atom stereocenters. The van der Waals surface area contributed by atoms with Gasteiger partial charge in [-0.3, -0.25) is 28.8 Å². The number of piperidine rings is 1. The Morgan fingerprint density at radius 1 is 0.783 bits per heavy atom. The molecule has 0 saturated carbocycles. The number of hydrogen-bond acceptors (Lipinski definition) is 7. The van der Waals surface area contributed by atoms with Crippen LogP contribution in [0.3, 0.4) is 0 Å². The summed E-state index contributed by atoms with van der Waals surface area (Å²) in [5.41, 5.74) is 1.41. The highest BCUT2D eigenvalue weighted by Crippen LogP contribution is 2.19. The zero-order valence-corrected chi connectivity index (χ0v) is 25.6. The van der Waals surface area contributed by atoms with Crippen molar-refractivity contribution in [1.82, 2.24) is 31.5 Å². The Balaban J connectivity index is 1.36. The fraction of sp³-hybridized carbons (Fsp3) is 0.455. The van der Waals surface area contributed by atoms with Crippen molar-refractivity contribution in [3.63, 3.8) is 0 Å². The van der Waals surface area contributed by atoms with Crippen LogP contribution in [0.4, 0.5) is 0 Å². The standard InChI is InChI=1S/C33H40N6O7/c40-28-11-12-30(42)39-13-3-7-24(20-39)31(43)38-27(16-25-8-4-14-46-25)33(45)36-19-23-6-2-1-5-22(23)15-29(41)37-26-10-9-21(17-34-28)18-35-32(26)44/h1-2,4-6,8,11-12,14,21,24,26-27H,3,7,9-10,13,15-20H2,(H,34,40)(H,35,44)(H,36,45)(H,37,41)(H,38,43)/b12-11+/t21?,24-,26+,27+/m1/s1. The van der Waals surface area contributed by atoms with Crippen molar-refractivity contribution >= 4 is 35.4 Å². The predicted octanol–water partition coefficient (Wildman–Crippen LogP) is 0.101. The van der Waals surface area contributed by atoms with Crippen LogP contribution < -0.4 is 26.6 Å². The number of nitrogens with zero attached hydrogens (tertiary/aromatic N) is 1. The number of amides is 6. The van der Waals surface area contributed by atoms with Gasteiger partial charge in [0.1, 0.15) is 17.8 Å². The summed E-state index contributed by atoms with van der Waals surface area (Å²) in [4.78, 5) is 79.6. The van der Waals surface area contributed by atoms with Crippen molar-refractivity contribution in [2.45, 2.75) is 57.2 Å². The van der Waals surface area contributed by atoms with Gasteiger partial charge in [-0.05, 0) is 54.9 Å². The van der Waals surface area contributed by atoms with Crippen LogP contribution in [-0.4, -0.2) is 78.6 Å². The average molecular weight is 633 g/mol. The summed E-state index contributed by atoms with van der Waals surface area (Å²) in [6.45, 7) is 1.35. The molecule has 3 aliphatic rings. The Morgan fingerprint density at radius 2 is 1.59 bits per heavy atom. The number of nitrogens with one attached hydrogen (secondary N) is 5. The highest BCUT2D eigenvalue weighted by Gasteiger charge is 2.32. The molecule has 0 radical (unpaired) electrons. The molecule has 4 bridgehead atoms. The van der Waals surface area contributed by atoms with Crippen molar-refractivity contribution in [3.05, 3.63) is 71.7 Å². The number of rotatable bonds is 2. The van der Waals surface area contributed by atoms with Gasteiger partial charge < -0.3 is 35.9 Å². The van der Waals surface area contributed by atoms with Gasteiger partial charge in [0.25, 0.3) is 0 Å². The molecule has 4 heterocycles. The van der Waals surface area contributed by atoms with Crippen molar-refractivity contribution in [3.8, 4) is 0 Å². The first kappa shape index (κ1) is 32.5. The molecule has 5 N–H and O–H groups in total. The van der Waals surface area contributed by atoms with Gasteiger partial charge in [0.05, 0.1) is 18.6 Å². The molecule has 244 valence electrons. The van der Waals surface area contributed by atoms with Gasteiger partial charge in [0.15, 0.2) is 0 Å². The quantitative estimate of drug-likeness (QED) is 0.312. The van der Waals surface area contributed by atoms with Crippen LogP contribution in [0.15, 0.2) is 59.2 Å². The molecule has 4 atom stereocenters. The van der Waals surface area contributed by atoms with Gasteiger partial charge >= 0.3 is 0 Å². The van der Waals surface area contributed by atoms with Crippen LogP contribution in [0.5, 0.6) is 0 Å². The maximum atomic E-state index is 13.5. The lowest BCUT2D eigenvalue weighted by atomic mass is 9.96. The summed E-state index contributed by atoms with van der Waals surface area (Å²) >= 11 is 0. The van der Waals surface area contributed by atoms with E-state index in [0.29, 0.717) is 56.6 Å². The van der Waals surface area contributed by atoms with Gasteiger partial charge in [-0.2, -0.15) is 0 Å². The van der Waals surface area contributed by atoms with Gasteiger partial charge in [-0.25, -0.2) is 0 Å². The maximum Gasteiger partial charge on any atom is 0.246 e. The van der Waals surface area contributed by atoms with Crippen molar-refractivity contribution < 1.29 is 33.2 Å². The summed E-state index contributed by atoms with van der Waals surface area (Å²) < 4.78 is 5.45. The molecule has 5 rings (SSSR count). The van der Waals surface area contributed by atoms with E-state index in [4.69, 9.17) is 4.42 Å². The van der Waals surface area contributed by atoms with Crippen molar-refractivity contribution in [2.75, 3.05) is 26.2 Å². The first-order valence-electron chi connectivity index (χ1n) is 15.7. The highest BCUT2D eigenvalue weighted by atomic mass is 16.3. The predicted molar refractivity (Wildman–Crippen MR) is 165 cm³/mol. The van der Waals surface area contributed by atoms with Crippen LogP contribution in [-0.2, 0) is 48.2 Å². The fourth-order valence-corrected chi connectivity index (χ4v) is 6.02. The molecule has 3 aliphatic heterocycles. The molecule has 2 fully saturated rings. The summed E-state index contributed by atoms with van der Waals surface area (Å²) in [7, 11) is 0. The normalized spacial score (nSPS) is 26.3. The van der Waals surface area contributed by atoms with Crippen LogP contribution in [0.25, 0.3) is 0 Å². The van der Waals surface area contributed by atoms with Gasteiger partial charge in [0, 0.05) is 51.3 Å². The van der Waals surface area contributed by atoms with Crippen LogP contribution >= 0.6 is 0 Å². The number of benzene rings is 1. The largest absolute Gasteiger partial charge is 0.469 e. The second-order valence-electron chi connectivity index (χ2n) is 12.0. The van der Waals surface area contributed by atoms with Gasteiger partial charge in [0.2, 0.25) is 35.4 Å². The number of fused-ring (bicyclic) bond motifs is 6. The first-order chi connectivity index (χ1) is 22.2. The van der Waals surface area contributed by atoms with E-state index in [2.05, 4.69) is 26.6 Å². The molecule has 13 nitrogen and oxygen atoms in total. The van der Waals surface area contributed by atoms with E-state index in [1.807, 2.05) is 12.1 Å². The second kappa shape index (κ2) is 15.4. The maximum absolute atomic E-state index is 13.5. The number of furan rings is 1. The summed E-state index contributed by atoms with van der Waals surface area (Å²) in [5.74, 6) is -2.30. The molecule has 0 spiro atoms. The first-order valence-corrected chi connectivity index (χ1v) is 15.7. The molecular weight excluding hydrogens is 592 g/mol. The highest BCUT2D eigenvalue weighted by molar-refractivity contribution is 5.97. The average Bonchev–Trinajstić information content (AvgIpc) is 3.51. The molecule has 0 aliphatic carbocycles. The fourth-order valence-electron chi connectivity index (χ4n) is 6.02. The lowest BCUT2D eigenvalue weighted by Crippen LogP contribution is -2.52. The third-order valence-electron chi connectivity index (χ3n) is 8.67. The Hall–Kier alpha value is -4.94. The Kier molecular flexibility index (Phi) is 10.8. The van der Waals surface area contributed by atoms with Crippen molar-refractivity contribution in [1.29, 1.82) is 0 Å². The van der Waals surface area contributed by atoms with E-state index in [9.17, 15) is 28.8 Å². The summed E-state index contributed by atoms with van der Waals surface area (Å²) in [6, 6.07) is 8.96. The zero-order valence-electron chi connectivity index (χ0n) is 25.6. The van der Waals surface area contributed by atoms with Gasteiger partial charge in [-0.1, -0.05) is 24.3 Å². The van der Waals surface area contributed by atoms with E-state index in [1.54, 1.807) is 24.3 Å². The number of hydrogen-bond donors (Lipinski definition) is 5. The topological polar surface area (TPSA) is 179 Å². The zero-order chi connectivity index (χ0) is 32.5. The monoisotopic (exact) mass is 632 g/mol. The van der Waals surface area contributed by atoms with Gasteiger partial charge in [-0.15, -0.1) is 0 Å². The summed E-state index contributed by atoms with van der Waals surface area (Å²) in [5, 5.41) is 14.2. The van der Waals surface area contributed by atoms with Crippen molar-refractivity contribution in [2.24, 2.45) is 11.8 Å². The Labute approximate surface area is 266 Å². The molecule has 46 heavy (non-hydrogen) atoms. The summed E-state index contributed by atoms with van der Waals surface area (Å²) in [6.07, 6.45) is 6.11. The molecule has 6 amide bonds. The van der Waals surface area contributed by atoms with E-state index in [0.717, 1.165) is 5.56 Å². The lowest BCUT2D eigenvalue weighted by molar-refractivity contribution is -0.135. The second-order valence-corrected chi connectivity index (χ2v) is 12.0. The van der Waals surface area contributed by atoms with E-state index in [1.165, 1.54) is 23.3 Å². The third kappa shape index (κ3) is 8.83. The van der Waals surface area contributed by atoms with E-state index in [-0.39, 0.29) is 55.5 Å². The molecular formula is C33H40N6O7. The molecule has 1 aromatic heterocycles. The third-order valence-corrected chi connectivity index (χ3v) is 8.67. The van der Waals surface area contributed by atoms with Crippen LogP contribution in [0.1, 0.15) is 42.6 Å². The SMILES string of the molecule is O=C1/C=C/C(=O)N2CCC[C@H](C2)C(=O)N[C@@H](Cc2ccco2)C(=O)NCc2ccccc2CC(=O)N[C@H]2CCC(CN1)CNC2=O. The minimum atomic E-state index is -0.952. The molecule has 2 aromatic rings. The minimum Gasteiger partial charge on any atom is -0.469 e. The Bertz CT molecular complexity index is 1470. The minimum absolute atomic E-state index is 0.00506. The molecule has 1 aromatic carbocycles. The molecule has 13 heteroatoms. The van der Waals surface area contributed by atoms with Crippen LogP contribution in [0.2, 0.25) is 0 Å². The number of carbonyl (C=O) groups is 6. The lowest BCUT2D eigenvalue weighted by Gasteiger charge is -2.32. The smallest absolute Gasteiger partial charge is 0.246 e.